The Balaban J connectivity index is 1.02. The zero-order valence-corrected chi connectivity index (χ0v) is 40.3. The molecule has 0 saturated heterocycles. The van der Waals surface area contributed by atoms with Crippen molar-refractivity contribution in [3.05, 3.63) is 222 Å². The van der Waals surface area contributed by atoms with E-state index in [-0.39, 0.29) is 87.3 Å². The molecule has 4 aliphatic rings. The molecule has 71 heavy (non-hydrogen) atoms. The number of halogens is 6. The van der Waals surface area contributed by atoms with Crippen molar-refractivity contribution in [1.29, 1.82) is 0 Å². The number of benzene rings is 8. The molecule has 0 bridgehead atoms. The van der Waals surface area contributed by atoms with Crippen LogP contribution in [0.25, 0.3) is 0 Å². The fourth-order valence-electron chi connectivity index (χ4n) is 10.4. The first kappa shape index (κ1) is 45.5. The summed E-state index contributed by atoms with van der Waals surface area (Å²) in [6.45, 7) is 0. The van der Waals surface area contributed by atoms with Crippen LogP contribution in [-0.4, -0.2) is 5.66 Å². The molecule has 6 nitrogen and oxygen atoms in total. The number of hydrogen-bond acceptors (Lipinski definition) is 6. The maximum Gasteiger partial charge on any atom is 0.178 e. The molecule has 3 atom stereocenters. The van der Waals surface area contributed by atoms with Gasteiger partial charge in [-0.15, -0.1) is 0 Å². The third-order valence-corrected chi connectivity index (χ3v) is 26.6. The van der Waals surface area contributed by atoms with Gasteiger partial charge in [-0.05, 0) is 115 Å². The van der Waals surface area contributed by atoms with Crippen LogP contribution in [-0.2, 0) is 24.7 Å². The van der Waals surface area contributed by atoms with Gasteiger partial charge < -0.3 is 27.7 Å². The molecular formula is C55H34F6O6P4. The van der Waals surface area contributed by atoms with E-state index in [0.29, 0.717) is 12.0 Å². The van der Waals surface area contributed by atoms with Crippen molar-refractivity contribution in [2.75, 3.05) is 0 Å². The Morgan fingerprint density at radius 1 is 0.437 bits per heavy atom. The smallest absolute Gasteiger partial charge is 0.178 e. The highest BCUT2D eigenvalue weighted by atomic mass is 31.2. The van der Waals surface area contributed by atoms with E-state index >= 15 is 18.3 Å². The Bertz CT molecular complexity index is 3580. The van der Waals surface area contributed by atoms with Crippen LogP contribution in [0.5, 0.6) is 23.0 Å². The first-order chi connectivity index (χ1) is 34.1. The lowest BCUT2D eigenvalue weighted by Gasteiger charge is -2.38. The lowest BCUT2D eigenvalue weighted by Crippen LogP contribution is -2.38. The number of fused-ring (bicyclic) bond motifs is 6. The van der Waals surface area contributed by atoms with Gasteiger partial charge in [0, 0.05) is 42.8 Å². The van der Waals surface area contributed by atoms with E-state index in [2.05, 4.69) is 0 Å². The minimum absolute atomic E-state index is 0.00641. The average molecular weight is 1030 g/mol. The minimum Gasteiger partial charge on any atom is -0.456 e. The molecule has 352 valence electrons. The van der Waals surface area contributed by atoms with E-state index in [1.807, 2.05) is 0 Å². The second-order valence-electron chi connectivity index (χ2n) is 17.7. The molecule has 0 amide bonds. The Hall–Kier alpha value is -6.66. The molecule has 0 saturated carbocycles. The van der Waals surface area contributed by atoms with Crippen LogP contribution in [0.3, 0.4) is 0 Å². The standard InChI is InChI=1S/C55H34F6O6P4/c56-34-3-1-32-25-33-2-4-35(57)27-51(33)69(63,50(32)26-34)43-15-9-40(10-16-43)68(62,41-11-17-44(18-12-41)70(64)52-28-36(58)5-21-46(52)66-47-22-6-37(59)29-53(47)70)42-13-19-45(20-14-42)71(65)54-30-38(60)7-23-48(54)67-49-24-8-39(61)31-55(49)71/h1-24,26-32,50H,25H2. The highest BCUT2D eigenvalue weighted by molar-refractivity contribution is 7.87. The van der Waals surface area contributed by atoms with E-state index in [1.165, 1.54) is 109 Å². The third-order valence-electron chi connectivity index (χ3n) is 13.8. The summed E-state index contributed by atoms with van der Waals surface area (Å²) < 4.78 is 165. The zero-order valence-electron chi connectivity index (χ0n) is 36.7. The first-order valence-electron chi connectivity index (χ1n) is 22.2. The van der Waals surface area contributed by atoms with Crippen LogP contribution in [0, 0.1) is 35.0 Å². The molecule has 8 aromatic rings. The summed E-state index contributed by atoms with van der Waals surface area (Å²) in [5, 5.41) is 1.39. The molecule has 16 heteroatoms. The van der Waals surface area contributed by atoms with Crippen molar-refractivity contribution in [3.63, 3.8) is 0 Å². The van der Waals surface area contributed by atoms with E-state index in [0.717, 1.165) is 48.5 Å². The first-order valence-corrected chi connectivity index (χ1v) is 29.1. The molecule has 0 aromatic heterocycles. The molecular weight excluding hydrogens is 994 g/mol. The van der Waals surface area contributed by atoms with Crippen molar-refractivity contribution < 1.29 is 54.1 Å². The Morgan fingerprint density at radius 3 is 1.18 bits per heavy atom. The third kappa shape index (κ3) is 6.94. The second kappa shape index (κ2) is 16.4. The molecule has 3 heterocycles. The molecule has 0 spiro atoms. The maximum absolute atomic E-state index is 16.4. The average Bonchev–Trinajstić information content (AvgIpc) is 3.38. The summed E-state index contributed by atoms with van der Waals surface area (Å²) in [4.78, 5) is 0. The van der Waals surface area contributed by atoms with Crippen LogP contribution in [0.15, 0.2) is 188 Å². The monoisotopic (exact) mass is 1030 g/mol. The normalized spacial score (nSPS) is 19.8. The molecule has 0 N–H and O–H groups in total. The van der Waals surface area contributed by atoms with Crippen LogP contribution in [0.2, 0.25) is 0 Å². The van der Waals surface area contributed by atoms with Crippen molar-refractivity contribution in [2.24, 2.45) is 5.92 Å². The van der Waals surface area contributed by atoms with Crippen LogP contribution < -0.4 is 67.8 Å². The molecule has 0 fully saturated rings. The molecule has 8 aromatic carbocycles. The van der Waals surface area contributed by atoms with Gasteiger partial charge in [0.15, 0.2) is 28.6 Å². The van der Waals surface area contributed by atoms with Crippen LogP contribution in [0.4, 0.5) is 26.3 Å². The van der Waals surface area contributed by atoms with Gasteiger partial charge in [0.2, 0.25) is 0 Å². The maximum atomic E-state index is 16.4. The number of rotatable bonds is 6. The van der Waals surface area contributed by atoms with Gasteiger partial charge in [-0.1, -0.05) is 84.9 Å². The van der Waals surface area contributed by atoms with Gasteiger partial charge in [-0.3, -0.25) is 0 Å². The fourth-order valence-corrected chi connectivity index (χ4v) is 22.3. The summed E-state index contributed by atoms with van der Waals surface area (Å²) in [7, 11) is -16.1. The van der Waals surface area contributed by atoms with E-state index in [4.69, 9.17) is 9.47 Å². The van der Waals surface area contributed by atoms with Gasteiger partial charge in [-0.25, -0.2) is 26.3 Å². The van der Waals surface area contributed by atoms with Crippen LogP contribution in [0.1, 0.15) is 5.56 Å². The zero-order chi connectivity index (χ0) is 49.2. The highest BCUT2D eigenvalue weighted by Gasteiger charge is 2.47. The number of allylic oxidation sites excluding steroid dienone is 4. The van der Waals surface area contributed by atoms with Crippen molar-refractivity contribution in [3.8, 4) is 23.0 Å². The lowest BCUT2D eigenvalue weighted by atomic mass is 9.91. The summed E-state index contributed by atoms with van der Waals surface area (Å²) in [6, 6.07) is 36.5. The lowest BCUT2D eigenvalue weighted by molar-refractivity contribution is 0.481. The number of hydrogen-bond donors (Lipinski definition) is 0. The SMILES string of the molecule is O=P(c1ccc(P2(=O)c3cc(F)ccc3Oc3ccc(F)cc32)cc1)(c1ccc(P2(=O)c3cc(F)ccc3Oc3ccc(F)cc32)cc1)c1ccc(P2(=O)c3cc(F)ccc3CC3C=CC(F)=CC32)cc1. The highest BCUT2D eigenvalue weighted by Crippen LogP contribution is 2.59. The summed E-state index contributed by atoms with van der Waals surface area (Å²) >= 11 is 0. The fraction of sp³-hybridized carbons (Fsp3) is 0.0545. The molecule has 3 aliphatic heterocycles. The second-order valence-corrected chi connectivity index (χ2v) is 28.8. The predicted octanol–water partition coefficient (Wildman–Crippen LogP) is 9.79. The van der Waals surface area contributed by atoms with E-state index in [1.54, 1.807) is 24.3 Å². The minimum atomic E-state index is -4.13. The Morgan fingerprint density at radius 2 is 0.789 bits per heavy atom. The summed E-state index contributed by atoms with van der Waals surface area (Å²) in [6.07, 6.45) is 4.72. The van der Waals surface area contributed by atoms with Crippen molar-refractivity contribution in [1.82, 2.24) is 0 Å². The van der Waals surface area contributed by atoms with Gasteiger partial charge in [0.1, 0.15) is 57.9 Å². The predicted molar refractivity (Wildman–Crippen MR) is 267 cm³/mol. The van der Waals surface area contributed by atoms with E-state index < -0.39 is 69.1 Å². The van der Waals surface area contributed by atoms with E-state index in [9.17, 15) is 26.3 Å². The molecule has 0 radical (unpaired) electrons. The Labute approximate surface area is 402 Å². The topological polar surface area (TPSA) is 86.7 Å². The molecule has 1 aliphatic carbocycles. The summed E-state index contributed by atoms with van der Waals surface area (Å²) in [5.74, 6) is -3.91. The molecule has 3 unspecified atom stereocenters. The van der Waals surface area contributed by atoms with Crippen molar-refractivity contribution >= 4 is 86.9 Å². The van der Waals surface area contributed by atoms with Crippen molar-refractivity contribution in [2.45, 2.75) is 12.1 Å². The van der Waals surface area contributed by atoms with Crippen LogP contribution >= 0.6 is 28.6 Å². The van der Waals surface area contributed by atoms with Gasteiger partial charge in [-0.2, -0.15) is 0 Å². The Kier molecular flexibility index (Phi) is 10.5. The quantitative estimate of drug-likeness (QED) is 0.122. The number of ether oxygens (including phenoxy) is 2. The molecule has 12 rings (SSSR count). The van der Waals surface area contributed by atoms with Gasteiger partial charge >= 0.3 is 0 Å². The summed E-state index contributed by atoms with van der Waals surface area (Å²) in [5.41, 5.74) is -0.181. The largest absolute Gasteiger partial charge is 0.456 e. The van der Waals surface area contributed by atoms with Gasteiger partial charge in [0.05, 0.1) is 21.2 Å². The van der Waals surface area contributed by atoms with Gasteiger partial charge in [0.25, 0.3) is 0 Å².